The Morgan fingerprint density at radius 1 is 1.06 bits per heavy atom. The van der Waals surface area contributed by atoms with Crippen LogP contribution in [0.25, 0.3) is 0 Å². The number of hydrogen-bond acceptors (Lipinski definition) is 3. The zero-order valence-corrected chi connectivity index (χ0v) is 9.44. The molecule has 3 heteroatoms. The minimum absolute atomic E-state index is 0.249. The zero-order valence-electron chi connectivity index (χ0n) is 9.44. The maximum Gasteiger partial charge on any atom is 0.313 e. The molecule has 0 aliphatic heterocycles. The van der Waals surface area contributed by atoms with Gasteiger partial charge in [0.1, 0.15) is 0 Å². The Bertz CT molecular complexity index is 343. The number of rotatable bonds is 5. The number of ether oxygens (including phenoxy) is 1. The number of carbonyl (C=O) groups excluding carboxylic acids is 2. The molecule has 0 saturated heterocycles. The summed E-state index contributed by atoms with van der Waals surface area (Å²) in [4.78, 5) is 22.3. The number of aryl methyl sites for hydroxylation is 1. The molecule has 0 saturated carbocycles. The van der Waals surface area contributed by atoms with E-state index in [0.717, 1.165) is 5.56 Å². The number of carbonyl (C=O) groups is 2. The number of esters is 2. The molecule has 0 radical (unpaired) electrons. The van der Waals surface area contributed by atoms with Crippen LogP contribution in [0.2, 0.25) is 0 Å². The van der Waals surface area contributed by atoms with Gasteiger partial charge in [-0.2, -0.15) is 0 Å². The molecule has 0 aliphatic rings. The standard InChI is InChI=1S/C13H16O3/c1-2-6-12(14)16-13(15)10-9-11-7-4-3-5-8-11/h3-5,7-8H,2,6,9-10H2,1H3. The highest BCUT2D eigenvalue weighted by atomic mass is 16.6. The van der Waals surface area contributed by atoms with Gasteiger partial charge < -0.3 is 4.74 Å². The van der Waals surface area contributed by atoms with Crippen LogP contribution in [0.5, 0.6) is 0 Å². The average molecular weight is 220 g/mol. The Labute approximate surface area is 95.4 Å². The monoisotopic (exact) mass is 220 g/mol. The molecule has 0 amide bonds. The van der Waals surface area contributed by atoms with Crippen molar-refractivity contribution in [2.24, 2.45) is 0 Å². The van der Waals surface area contributed by atoms with E-state index in [0.29, 0.717) is 19.3 Å². The number of hydrogen-bond donors (Lipinski definition) is 0. The predicted molar refractivity (Wildman–Crippen MR) is 60.8 cm³/mol. The van der Waals surface area contributed by atoms with Gasteiger partial charge >= 0.3 is 11.9 Å². The highest BCUT2D eigenvalue weighted by molar-refractivity contribution is 5.85. The summed E-state index contributed by atoms with van der Waals surface area (Å²) in [6, 6.07) is 9.65. The highest BCUT2D eigenvalue weighted by Gasteiger charge is 2.09. The molecule has 0 aliphatic carbocycles. The van der Waals surface area contributed by atoms with E-state index in [1.807, 2.05) is 37.3 Å². The van der Waals surface area contributed by atoms with Gasteiger partial charge in [-0.3, -0.25) is 9.59 Å². The van der Waals surface area contributed by atoms with E-state index in [-0.39, 0.29) is 6.42 Å². The first-order valence-electron chi connectivity index (χ1n) is 5.49. The van der Waals surface area contributed by atoms with Crippen molar-refractivity contribution in [1.29, 1.82) is 0 Å². The van der Waals surface area contributed by atoms with Crippen molar-refractivity contribution in [1.82, 2.24) is 0 Å². The van der Waals surface area contributed by atoms with Crippen molar-refractivity contribution in [2.45, 2.75) is 32.6 Å². The second-order valence-corrected chi connectivity index (χ2v) is 3.58. The summed E-state index contributed by atoms with van der Waals surface area (Å²) in [5, 5.41) is 0. The summed E-state index contributed by atoms with van der Waals surface area (Å²) in [7, 11) is 0. The van der Waals surface area contributed by atoms with Gasteiger partial charge in [0.05, 0.1) is 6.42 Å². The summed E-state index contributed by atoms with van der Waals surface area (Å²) < 4.78 is 4.63. The summed E-state index contributed by atoms with van der Waals surface area (Å²) in [5.74, 6) is -0.872. The third-order valence-corrected chi connectivity index (χ3v) is 2.14. The fourth-order valence-electron chi connectivity index (χ4n) is 1.32. The topological polar surface area (TPSA) is 43.4 Å². The van der Waals surface area contributed by atoms with Gasteiger partial charge in [0.15, 0.2) is 0 Å². The molecule has 3 nitrogen and oxygen atoms in total. The molecule has 1 rings (SSSR count). The molecule has 0 bridgehead atoms. The molecule has 1 aromatic rings. The molecule has 0 aromatic heterocycles. The number of benzene rings is 1. The molecule has 0 heterocycles. The molecular weight excluding hydrogens is 204 g/mol. The normalized spacial score (nSPS) is 9.81. The van der Waals surface area contributed by atoms with E-state index in [2.05, 4.69) is 4.74 Å². The molecule has 0 unspecified atom stereocenters. The lowest BCUT2D eigenvalue weighted by Gasteiger charge is -2.02. The van der Waals surface area contributed by atoms with E-state index in [1.165, 1.54) is 0 Å². The first-order chi connectivity index (χ1) is 7.72. The molecule has 86 valence electrons. The fraction of sp³-hybridized carbons (Fsp3) is 0.385. The second-order valence-electron chi connectivity index (χ2n) is 3.58. The van der Waals surface area contributed by atoms with Crippen molar-refractivity contribution in [3.05, 3.63) is 35.9 Å². The molecule has 0 fully saturated rings. The summed E-state index contributed by atoms with van der Waals surface area (Å²) in [5.41, 5.74) is 1.07. The van der Waals surface area contributed by atoms with E-state index >= 15 is 0 Å². The van der Waals surface area contributed by atoms with Crippen molar-refractivity contribution in [2.75, 3.05) is 0 Å². The molecular formula is C13H16O3. The van der Waals surface area contributed by atoms with Gasteiger partial charge in [-0.15, -0.1) is 0 Å². The first kappa shape index (κ1) is 12.4. The van der Waals surface area contributed by atoms with Crippen molar-refractivity contribution < 1.29 is 14.3 Å². The zero-order chi connectivity index (χ0) is 11.8. The van der Waals surface area contributed by atoms with Crippen LogP contribution in [-0.2, 0) is 20.7 Å². The van der Waals surface area contributed by atoms with Crippen LogP contribution in [0, 0.1) is 0 Å². The third kappa shape index (κ3) is 4.73. The lowest BCUT2D eigenvalue weighted by atomic mass is 10.1. The average Bonchev–Trinajstić information content (AvgIpc) is 2.28. The summed E-state index contributed by atoms with van der Waals surface area (Å²) >= 11 is 0. The van der Waals surface area contributed by atoms with Crippen molar-refractivity contribution in [3.63, 3.8) is 0 Å². The third-order valence-electron chi connectivity index (χ3n) is 2.14. The van der Waals surface area contributed by atoms with E-state index in [1.54, 1.807) is 0 Å². The Kier molecular flexibility index (Phi) is 5.26. The van der Waals surface area contributed by atoms with Gasteiger partial charge in [-0.05, 0) is 18.4 Å². The molecule has 0 N–H and O–H groups in total. The van der Waals surface area contributed by atoms with Gasteiger partial charge in [-0.25, -0.2) is 0 Å². The van der Waals surface area contributed by atoms with E-state index in [9.17, 15) is 9.59 Å². The lowest BCUT2D eigenvalue weighted by molar-refractivity contribution is -0.159. The Balaban J connectivity index is 2.28. The van der Waals surface area contributed by atoms with Crippen LogP contribution in [0.4, 0.5) is 0 Å². The summed E-state index contributed by atoms with van der Waals surface area (Å²) in [6.45, 7) is 1.87. The van der Waals surface area contributed by atoms with E-state index < -0.39 is 11.9 Å². The maximum absolute atomic E-state index is 11.3. The van der Waals surface area contributed by atoms with Gasteiger partial charge in [-0.1, -0.05) is 37.3 Å². The van der Waals surface area contributed by atoms with Crippen molar-refractivity contribution >= 4 is 11.9 Å². The molecule has 1 aromatic carbocycles. The van der Waals surface area contributed by atoms with Crippen LogP contribution >= 0.6 is 0 Å². The fourth-order valence-corrected chi connectivity index (χ4v) is 1.32. The highest BCUT2D eigenvalue weighted by Crippen LogP contribution is 2.04. The van der Waals surface area contributed by atoms with Crippen LogP contribution in [0.3, 0.4) is 0 Å². The smallest absolute Gasteiger partial charge is 0.313 e. The molecule has 0 spiro atoms. The molecule has 0 atom stereocenters. The Hall–Kier alpha value is -1.64. The van der Waals surface area contributed by atoms with E-state index in [4.69, 9.17) is 0 Å². The van der Waals surface area contributed by atoms with Crippen LogP contribution in [-0.4, -0.2) is 11.9 Å². The predicted octanol–water partition coefficient (Wildman–Crippen LogP) is 2.49. The minimum atomic E-state index is -0.442. The molecule has 16 heavy (non-hydrogen) atoms. The maximum atomic E-state index is 11.3. The quantitative estimate of drug-likeness (QED) is 0.565. The first-order valence-corrected chi connectivity index (χ1v) is 5.49. The van der Waals surface area contributed by atoms with Gasteiger partial charge in [0.2, 0.25) is 0 Å². The SMILES string of the molecule is CCCC(=O)OC(=O)CCc1ccccc1. The largest absolute Gasteiger partial charge is 0.393 e. The van der Waals surface area contributed by atoms with Gasteiger partial charge in [0, 0.05) is 6.42 Å². The van der Waals surface area contributed by atoms with Crippen molar-refractivity contribution in [3.8, 4) is 0 Å². The minimum Gasteiger partial charge on any atom is -0.393 e. The van der Waals surface area contributed by atoms with Crippen LogP contribution < -0.4 is 0 Å². The summed E-state index contributed by atoms with van der Waals surface area (Å²) in [6.07, 6.45) is 1.86. The Morgan fingerprint density at radius 3 is 2.31 bits per heavy atom. The lowest BCUT2D eigenvalue weighted by Crippen LogP contribution is -2.12. The Morgan fingerprint density at radius 2 is 1.69 bits per heavy atom. The van der Waals surface area contributed by atoms with Crippen LogP contribution in [0.15, 0.2) is 30.3 Å². The second kappa shape index (κ2) is 6.77. The van der Waals surface area contributed by atoms with Gasteiger partial charge in [0.25, 0.3) is 0 Å². The van der Waals surface area contributed by atoms with Crippen LogP contribution in [0.1, 0.15) is 31.7 Å².